The number of amides is 1. The van der Waals surface area contributed by atoms with Crippen LogP contribution in [0.4, 0.5) is 13.2 Å². The zero-order valence-electron chi connectivity index (χ0n) is 12.3. The van der Waals surface area contributed by atoms with E-state index in [1.54, 1.807) is 0 Å². The Bertz CT molecular complexity index is 389. The van der Waals surface area contributed by atoms with Crippen molar-refractivity contribution < 1.29 is 27.9 Å². The van der Waals surface area contributed by atoms with Crippen molar-refractivity contribution in [3.05, 3.63) is 0 Å². The van der Waals surface area contributed by atoms with Gasteiger partial charge in [-0.3, -0.25) is 4.79 Å². The zero-order valence-corrected chi connectivity index (χ0v) is 12.3. The highest BCUT2D eigenvalue weighted by Crippen LogP contribution is 2.39. The maximum Gasteiger partial charge on any atom is 0.391 e. The summed E-state index contributed by atoms with van der Waals surface area (Å²) < 4.78 is 37.7. The van der Waals surface area contributed by atoms with E-state index in [1.165, 1.54) is 6.92 Å². The number of carboxylic acid groups (broad SMARTS) is 1. The van der Waals surface area contributed by atoms with Crippen LogP contribution in [0.3, 0.4) is 0 Å². The predicted octanol–water partition coefficient (Wildman–Crippen LogP) is 3.11. The van der Waals surface area contributed by atoms with Crippen molar-refractivity contribution in [2.75, 3.05) is 0 Å². The van der Waals surface area contributed by atoms with Crippen LogP contribution in [0.15, 0.2) is 0 Å². The molecule has 1 saturated carbocycles. The maximum absolute atomic E-state index is 12.6. The molecule has 1 fully saturated rings. The highest BCUT2D eigenvalue weighted by molar-refractivity contribution is 5.87. The van der Waals surface area contributed by atoms with Crippen LogP contribution in [0.5, 0.6) is 0 Å². The standard InChI is InChI=1S/C14H22F3NO3/c1-3-8-13(2,12(20)21)18-11(19)9-4-6-10(7-5-9)14(15,16)17/h9-10H,3-8H2,1-2H3,(H,18,19)(H,20,21). The average Bonchev–Trinajstić information content (AvgIpc) is 2.37. The minimum atomic E-state index is -4.21. The van der Waals surface area contributed by atoms with Crippen LogP contribution in [-0.2, 0) is 9.59 Å². The first-order valence-corrected chi connectivity index (χ1v) is 7.22. The molecule has 1 amide bonds. The number of rotatable bonds is 5. The van der Waals surface area contributed by atoms with Crippen LogP contribution in [0.1, 0.15) is 52.4 Å². The van der Waals surface area contributed by atoms with Gasteiger partial charge in [0, 0.05) is 5.92 Å². The normalized spacial score (nSPS) is 26.0. The van der Waals surface area contributed by atoms with E-state index in [4.69, 9.17) is 0 Å². The smallest absolute Gasteiger partial charge is 0.391 e. The molecule has 1 atom stereocenters. The molecule has 7 heteroatoms. The number of nitrogens with one attached hydrogen (secondary N) is 1. The number of carbonyl (C=O) groups excluding carboxylic acids is 1. The summed E-state index contributed by atoms with van der Waals surface area (Å²) in [6.45, 7) is 3.24. The van der Waals surface area contributed by atoms with E-state index in [9.17, 15) is 27.9 Å². The monoisotopic (exact) mass is 309 g/mol. The van der Waals surface area contributed by atoms with Gasteiger partial charge in [-0.15, -0.1) is 0 Å². The van der Waals surface area contributed by atoms with Gasteiger partial charge < -0.3 is 10.4 Å². The largest absolute Gasteiger partial charge is 0.480 e. The summed E-state index contributed by atoms with van der Waals surface area (Å²) >= 11 is 0. The number of carbonyl (C=O) groups is 2. The Morgan fingerprint density at radius 1 is 1.19 bits per heavy atom. The van der Waals surface area contributed by atoms with E-state index in [2.05, 4.69) is 5.32 Å². The summed E-state index contributed by atoms with van der Waals surface area (Å²) in [5.74, 6) is -3.45. The minimum absolute atomic E-state index is 0.0703. The molecule has 2 N–H and O–H groups in total. The summed E-state index contributed by atoms with van der Waals surface area (Å²) in [5, 5.41) is 11.7. The number of aliphatic carboxylic acids is 1. The van der Waals surface area contributed by atoms with E-state index < -0.39 is 35.4 Å². The molecule has 1 rings (SSSR count). The fourth-order valence-electron chi connectivity index (χ4n) is 2.78. The SMILES string of the molecule is CCCC(C)(NC(=O)C1CCC(C(F)(F)F)CC1)C(=O)O. The molecular weight excluding hydrogens is 287 g/mol. The molecule has 0 bridgehead atoms. The Kier molecular flexibility index (Phi) is 5.64. The first kappa shape index (κ1) is 17.8. The molecule has 4 nitrogen and oxygen atoms in total. The van der Waals surface area contributed by atoms with E-state index in [1.807, 2.05) is 6.92 Å². The van der Waals surface area contributed by atoms with Crippen LogP contribution in [0.2, 0.25) is 0 Å². The summed E-state index contributed by atoms with van der Waals surface area (Å²) in [5.41, 5.74) is -1.35. The van der Waals surface area contributed by atoms with Crippen LogP contribution >= 0.6 is 0 Å². The third-order valence-electron chi connectivity index (χ3n) is 4.18. The first-order valence-electron chi connectivity index (χ1n) is 7.22. The van der Waals surface area contributed by atoms with Gasteiger partial charge in [-0.25, -0.2) is 4.79 Å². The van der Waals surface area contributed by atoms with Crippen LogP contribution in [0.25, 0.3) is 0 Å². The van der Waals surface area contributed by atoms with E-state index in [0.29, 0.717) is 6.42 Å². The molecule has 0 heterocycles. The van der Waals surface area contributed by atoms with E-state index in [0.717, 1.165) is 0 Å². The fraction of sp³-hybridized carbons (Fsp3) is 0.857. The van der Waals surface area contributed by atoms with Crippen LogP contribution < -0.4 is 5.32 Å². The minimum Gasteiger partial charge on any atom is -0.480 e. The van der Waals surface area contributed by atoms with Gasteiger partial charge in [-0.2, -0.15) is 13.2 Å². The van der Waals surface area contributed by atoms with Crippen molar-refractivity contribution in [3.8, 4) is 0 Å². The lowest BCUT2D eigenvalue weighted by atomic mass is 9.80. The number of alkyl halides is 3. The van der Waals surface area contributed by atoms with Crippen LogP contribution in [0, 0.1) is 11.8 Å². The first-order chi connectivity index (χ1) is 9.60. The third kappa shape index (κ3) is 4.61. The Labute approximate surface area is 122 Å². The third-order valence-corrected chi connectivity index (χ3v) is 4.18. The molecule has 0 aromatic heterocycles. The highest BCUT2D eigenvalue weighted by Gasteiger charge is 2.43. The molecule has 0 aliphatic heterocycles. The van der Waals surface area contributed by atoms with Crippen molar-refractivity contribution in [1.82, 2.24) is 5.32 Å². The molecule has 0 radical (unpaired) electrons. The quantitative estimate of drug-likeness (QED) is 0.820. The Morgan fingerprint density at radius 2 is 1.71 bits per heavy atom. The Morgan fingerprint density at radius 3 is 2.10 bits per heavy atom. The molecule has 1 aliphatic rings. The van der Waals surface area contributed by atoms with Gasteiger partial charge >= 0.3 is 12.1 Å². The number of halogens is 3. The summed E-state index contributed by atoms with van der Waals surface area (Å²) in [6.07, 6.45) is -3.18. The second kappa shape index (κ2) is 6.66. The van der Waals surface area contributed by atoms with Crippen molar-refractivity contribution >= 4 is 11.9 Å². The van der Waals surface area contributed by atoms with Crippen molar-refractivity contribution in [2.45, 2.75) is 64.1 Å². The topological polar surface area (TPSA) is 66.4 Å². The molecule has 0 saturated heterocycles. The summed E-state index contributed by atoms with van der Waals surface area (Å²) in [4.78, 5) is 23.3. The second-order valence-corrected chi connectivity index (χ2v) is 5.97. The molecule has 1 unspecified atom stereocenters. The van der Waals surface area contributed by atoms with Crippen molar-refractivity contribution in [3.63, 3.8) is 0 Å². The molecule has 1 aliphatic carbocycles. The molecule has 0 spiro atoms. The van der Waals surface area contributed by atoms with E-state index in [-0.39, 0.29) is 32.1 Å². The molecular formula is C14H22F3NO3. The van der Waals surface area contributed by atoms with E-state index >= 15 is 0 Å². The molecule has 0 aromatic rings. The van der Waals surface area contributed by atoms with Crippen LogP contribution in [-0.4, -0.2) is 28.7 Å². The molecule has 122 valence electrons. The lowest BCUT2D eigenvalue weighted by Crippen LogP contribution is -2.54. The Hall–Kier alpha value is -1.27. The van der Waals surface area contributed by atoms with Gasteiger partial charge in [0.15, 0.2) is 0 Å². The van der Waals surface area contributed by atoms with Crippen molar-refractivity contribution in [2.24, 2.45) is 11.8 Å². The Balaban J connectivity index is 2.60. The molecule has 21 heavy (non-hydrogen) atoms. The fourth-order valence-corrected chi connectivity index (χ4v) is 2.78. The number of carboxylic acids is 1. The van der Waals surface area contributed by atoms with Crippen molar-refractivity contribution in [1.29, 1.82) is 0 Å². The predicted molar refractivity (Wildman–Crippen MR) is 70.6 cm³/mol. The van der Waals surface area contributed by atoms with Gasteiger partial charge in [0.2, 0.25) is 5.91 Å². The van der Waals surface area contributed by atoms with Gasteiger partial charge in [-0.1, -0.05) is 13.3 Å². The number of hydrogen-bond acceptors (Lipinski definition) is 2. The lowest BCUT2D eigenvalue weighted by Gasteiger charge is -2.32. The summed E-state index contributed by atoms with van der Waals surface area (Å²) in [7, 11) is 0. The average molecular weight is 309 g/mol. The second-order valence-electron chi connectivity index (χ2n) is 5.97. The van der Waals surface area contributed by atoms with Gasteiger partial charge in [0.25, 0.3) is 0 Å². The van der Waals surface area contributed by atoms with Gasteiger partial charge in [-0.05, 0) is 39.0 Å². The number of hydrogen-bond donors (Lipinski definition) is 2. The molecule has 0 aromatic carbocycles. The van der Waals surface area contributed by atoms with Gasteiger partial charge in [0.1, 0.15) is 5.54 Å². The lowest BCUT2D eigenvalue weighted by molar-refractivity contribution is -0.184. The highest BCUT2D eigenvalue weighted by atomic mass is 19.4. The maximum atomic E-state index is 12.6. The summed E-state index contributed by atoms with van der Waals surface area (Å²) in [6, 6.07) is 0. The van der Waals surface area contributed by atoms with Gasteiger partial charge in [0.05, 0.1) is 5.92 Å². The zero-order chi connectivity index (χ0) is 16.3.